The SMILES string of the molecule is c1ccc(-c2cccc(Nc3ccc4c(c3)oc3ccccc34)c2)cc1. The van der Waals surface area contributed by atoms with Crippen molar-refractivity contribution in [3.05, 3.63) is 97.1 Å². The third-order valence-electron chi connectivity index (χ3n) is 4.64. The van der Waals surface area contributed by atoms with Crippen molar-refractivity contribution in [1.29, 1.82) is 0 Å². The fourth-order valence-corrected chi connectivity index (χ4v) is 3.38. The van der Waals surface area contributed by atoms with Gasteiger partial charge in [-0.05, 0) is 41.5 Å². The van der Waals surface area contributed by atoms with Crippen LogP contribution in [0.5, 0.6) is 0 Å². The molecule has 0 atom stereocenters. The number of fused-ring (bicyclic) bond motifs is 3. The number of benzene rings is 4. The monoisotopic (exact) mass is 335 g/mol. The van der Waals surface area contributed by atoms with Crippen LogP contribution >= 0.6 is 0 Å². The zero-order valence-corrected chi connectivity index (χ0v) is 14.1. The molecule has 0 bridgehead atoms. The minimum atomic E-state index is 0.899. The zero-order chi connectivity index (χ0) is 17.3. The number of furan rings is 1. The molecule has 4 aromatic carbocycles. The molecule has 0 aliphatic rings. The second-order valence-electron chi connectivity index (χ2n) is 6.38. The van der Waals surface area contributed by atoms with Crippen molar-refractivity contribution in [2.75, 3.05) is 5.32 Å². The molecule has 5 aromatic rings. The molecule has 1 aromatic heterocycles. The van der Waals surface area contributed by atoms with Crippen molar-refractivity contribution in [3.8, 4) is 11.1 Å². The Bertz CT molecular complexity index is 1200. The summed E-state index contributed by atoms with van der Waals surface area (Å²) in [5.74, 6) is 0. The predicted octanol–water partition coefficient (Wildman–Crippen LogP) is 7.00. The van der Waals surface area contributed by atoms with Crippen LogP contribution in [0.2, 0.25) is 0 Å². The Labute approximate surface area is 151 Å². The van der Waals surface area contributed by atoms with E-state index in [2.05, 4.69) is 78.1 Å². The molecule has 1 N–H and O–H groups in total. The van der Waals surface area contributed by atoms with Crippen LogP contribution in [0.4, 0.5) is 11.4 Å². The van der Waals surface area contributed by atoms with E-state index in [9.17, 15) is 0 Å². The molecular weight excluding hydrogens is 318 g/mol. The number of rotatable bonds is 3. The van der Waals surface area contributed by atoms with Crippen molar-refractivity contribution in [1.82, 2.24) is 0 Å². The molecule has 0 aliphatic carbocycles. The molecular formula is C24H17NO. The largest absolute Gasteiger partial charge is 0.456 e. The Kier molecular flexibility index (Phi) is 3.46. The van der Waals surface area contributed by atoms with E-state index in [1.54, 1.807) is 0 Å². The summed E-state index contributed by atoms with van der Waals surface area (Å²) < 4.78 is 5.98. The van der Waals surface area contributed by atoms with Gasteiger partial charge in [0.1, 0.15) is 11.2 Å². The van der Waals surface area contributed by atoms with Crippen LogP contribution in [0.15, 0.2) is 101 Å². The van der Waals surface area contributed by atoms with Crippen LogP contribution in [-0.2, 0) is 0 Å². The first-order chi connectivity index (χ1) is 12.9. The van der Waals surface area contributed by atoms with Gasteiger partial charge in [0.2, 0.25) is 0 Å². The molecule has 0 saturated carbocycles. The number of para-hydroxylation sites is 1. The van der Waals surface area contributed by atoms with Crippen molar-refractivity contribution in [2.45, 2.75) is 0 Å². The number of hydrogen-bond donors (Lipinski definition) is 1. The zero-order valence-electron chi connectivity index (χ0n) is 14.1. The van der Waals surface area contributed by atoms with Crippen molar-refractivity contribution in [2.24, 2.45) is 0 Å². The molecule has 0 aliphatic heterocycles. The van der Waals surface area contributed by atoms with E-state index in [0.717, 1.165) is 33.3 Å². The highest BCUT2D eigenvalue weighted by Gasteiger charge is 2.07. The molecule has 5 rings (SSSR count). The second-order valence-corrected chi connectivity index (χ2v) is 6.38. The van der Waals surface area contributed by atoms with Gasteiger partial charge < -0.3 is 9.73 Å². The van der Waals surface area contributed by atoms with Gasteiger partial charge in [-0.25, -0.2) is 0 Å². The van der Waals surface area contributed by atoms with Gasteiger partial charge in [0.25, 0.3) is 0 Å². The van der Waals surface area contributed by atoms with Crippen molar-refractivity contribution >= 4 is 33.3 Å². The average molecular weight is 335 g/mol. The van der Waals surface area contributed by atoms with Crippen LogP contribution < -0.4 is 5.32 Å². The third-order valence-corrected chi connectivity index (χ3v) is 4.64. The normalized spacial score (nSPS) is 11.1. The van der Waals surface area contributed by atoms with Gasteiger partial charge >= 0.3 is 0 Å². The highest BCUT2D eigenvalue weighted by Crippen LogP contribution is 2.31. The van der Waals surface area contributed by atoms with Crippen molar-refractivity contribution in [3.63, 3.8) is 0 Å². The summed E-state index contributed by atoms with van der Waals surface area (Å²) in [6.07, 6.45) is 0. The number of nitrogens with one attached hydrogen (secondary N) is 1. The molecule has 0 spiro atoms. The Balaban J connectivity index is 1.50. The molecule has 1 heterocycles. The summed E-state index contributed by atoms with van der Waals surface area (Å²) >= 11 is 0. The summed E-state index contributed by atoms with van der Waals surface area (Å²) in [5, 5.41) is 5.79. The quantitative estimate of drug-likeness (QED) is 0.384. The third kappa shape index (κ3) is 2.62. The van der Waals surface area contributed by atoms with Gasteiger partial charge in [-0.2, -0.15) is 0 Å². The summed E-state index contributed by atoms with van der Waals surface area (Å²) in [4.78, 5) is 0. The lowest BCUT2D eigenvalue weighted by atomic mass is 10.1. The van der Waals surface area contributed by atoms with Crippen LogP contribution in [0.1, 0.15) is 0 Å². The maximum Gasteiger partial charge on any atom is 0.137 e. The van der Waals surface area contributed by atoms with Gasteiger partial charge in [0.05, 0.1) is 0 Å². The lowest BCUT2D eigenvalue weighted by Crippen LogP contribution is -1.90. The topological polar surface area (TPSA) is 25.2 Å². The highest BCUT2D eigenvalue weighted by atomic mass is 16.3. The van der Waals surface area contributed by atoms with Gasteiger partial charge in [-0.3, -0.25) is 0 Å². The van der Waals surface area contributed by atoms with Gasteiger partial charge in [-0.1, -0.05) is 60.7 Å². The summed E-state index contributed by atoms with van der Waals surface area (Å²) in [6, 6.07) is 33.3. The Hall–Kier alpha value is -3.52. The molecule has 0 fully saturated rings. The smallest absolute Gasteiger partial charge is 0.137 e. The molecule has 0 amide bonds. The predicted molar refractivity (Wildman–Crippen MR) is 109 cm³/mol. The van der Waals surface area contributed by atoms with E-state index in [4.69, 9.17) is 4.42 Å². The molecule has 2 heteroatoms. The standard InChI is InChI=1S/C24H17NO/c1-2-7-17(8-3-1)18-9-6-10-19(15-18)25-20-13-14-22-21-11-4-5-12-23(21)26-24(22)16-20/h1-16,25H. The summed E-state index contributed by atoms with van der Waals surface area (Å²) in [6.45, 7) is 0. The number of anilines is 2. The van der Waals surface area contributed by atoms with Crippen LogP contribution in [-0.4, -0.2) is 0 Å². The van der Waals surface area contributed by atoms with E-state index >= 15 is 0 Å². The Morgan fingerprint density at radius 2 is 1.23 bits per heavy atom. The van der Waals surface area contributed by atoms with E-state index in [0.29, 0.717) is 0 Å². The maximum absolute atomic E-state index is 5.98. The van der Waals surface area contributed by atoms with Crippen LogP contribution in [0.25, 0.3) is 33.1 Å². The molecule has 0 saturated heterocycles. The minimum Gasteiger partial charge on any atom is -0.456 e. The lowest BCUT2D eigenvalue weighted by molar-refractivity contribution is 0.669. The summed E-state index contributed by atoms with van der Waals surface area (Å²) in [7, 11) is 0. The molecule has 124 valence electrons. The highest BCUT2D eigenvalue weighted by molar-refractivity contribution is 6.05. The van der Waals surface area contributed by atoms with E-state index in [1.165, 1.54) is 11.1 Å². The van der Waals surface area contributed by atoms with E-state index < -0.39 is 0 Å². The fourth-order valence-electron chi connectivity index (χ4n) is 3.38. The van der Waals surface area contributed by atoms with Gasteiger partial charge in [-0.15, -0.1) is 0 Å². The Morgan fingerprint density at radius 3 is 2.15 bits per heavy atom. The molecule has 0 radical (unpaired) electrons. The molecule has 2 nitrogen and oxygen atoms in total. The molecule has 0 unspecified atom stereocenters. The first kappa shape index (κ1) is 14.8. The lowest BCUT2D eigenvalue weighted by Gasteiger charge is -2.09. The van der Waals surface area contributed by atoms with Crippen molar-refractivity contribution < 1.29 is 4.42 Å². The Morgan fingerprint density at radius 1 is 0.500 bits per heavy atom. The fraction of sp³-hybridized carbons (Fsp3) is 0. The number of hydrogen-bond acceptors (Lipinski definition) is 2. The summed E-state index contributed by atoms with van der Waals surface area (Å²) in [5.41, 5.74) is 6.30. The van der Waals surface area contributed by atoms with Gasteiger partial charge in [0, 0.05) is 28.2 Å². The molecule has 26 heavy (non-hydrogen) atoms. The van der Waals surface area contributed by atoms with E-state index in [1.807, 2.05) is 24.3 Å². The second kappa shape index (κ2) is 6.08. The van der Waals surface area contributed by atoms with Crippen LogP contribution in [0.3, 0.4) is 0 Å². The minimum absolute atomic E-state index is 0.899. The van der Waals surface area contributed by atoms with E-state index in [-0.39, 0.29) is 0 Å². The van der Waals surface area contributed by atoms with Gasteiger partial charge in [0.15, 0.2) is 0 Å². The average Bonchev–Trinajstić information content (AvgIpc) is 3.07. The maximum atomic E-state index is 5.98. The van der Waals surface area contributed by atoms with Crippen LogP contribution in [0, 0.1) is 0 Å². The first-order valence-corrected chi connectivity index (χ1v) is 8.71. The first-order valence-electron chi connectivity index (χ1n) is 8.71.